The molecule has 0 unspecified atom stereocenters. The second kappa shape index (κ2) is 10.4. The fourth-order valence-electron chi connectivity index (χ4n) is 3.02. The summed E-state index contributed by atoms with van der Waals surface area (Å²) in [6, 6.07) is 3.10. The predicted octanol–water partition coefficient (Wildman–Crippen LogP) is 2.63. The summed E-state index contributed by atoms with van der Waals surface area (Å²) in [7, 11) is 4.38. The van der Waals surface area contributed by atoms with Crippen LogP contribution in [0.15, 0.2) is 12.1 Å². The van der Waals surface area contributed by atoms with Gasteiger partial charge in [-0.2, -0.15) is 0 Å². The largest absolute Gasteiger partial charge is 0.493 e. The van der Waals surface area contributed by atoms with Crippen LogP contribution in [0.25, 0.3) is 0 Å². The molecule has 0 radical (unpaired) electrons. The smallest absolute Gasteiger partial charge is 0.355 e. The predicted molar refractivity (Wildman–Crippen MR) is 111 cm³/mol. The monoisotopic (exact) mass is 434 g/mol. The maximum absolute atomic E-state index is 12.5. The molecule has 10 heteroatoms. The van der Waals surface area contributed by atoms with Crippen LogP contribution in [-0.4, -0.2) is 57.4 Å². The van der Waals surface area contributed by atoms with E-state index >= 15 is 0 Å². The van der Waals surface area contributed by atoms with Crippen molar-refractivity contribution in [3.63, 3.8) is 0 Å². The minimum Gasteiger partial charge on any atom is -0.493 e. The van der Waals surface area contributed by atoms with Crippen LogP contribution in [0, 0.1) is 13.8 Å². The first-order chi connectivity index (χ1) is 14.8. The number of ether oxygens (including phenoxy) is 5. The van der Waals surface area contributed by atoms with Crippen molar-refractivity contribution in [2.45, 2.75) is 20.8 Å². The number of aromatic nitrogens is 1. The molecule has 1 aromatic carbocycles. The number of aromatic amines is 1. The SMILES string of the molecule is CCOC(=O)c1[nH]c(C)c(C(=O)OCC(=O)Nc2cc(OC)c(OC)c(OC)c2)c1C. The quantitative estimate of drug-likeness (QED) is 0.577. The zero-order valence-corrected chi connectivity index (χ0v) is 18.3. The molecule has 0 aliphatic carbocycles. The number of nitrogens with one attached hydrogen (secondary N) is 2. The van der Waals surface area contributed by atoms with Gasteiger partial charge in [0.1, 0.15) is 5.69 Å². The number of carbonyl (C=O) groups excluding carboxylic acids is 3. The Morgan fingerprint density at radius 2 is 1.55 bits per heavy atom. The number of hydrogen-bond acceptors (Lipinski definition) is 8. The molecule has 0 aliphatic heterocycles. The van der Waals surface area contributed by atoms with E-state index in [9.17, 15) is 14.4 Å². The van der Waals surface area contributed by atoms with Gasteiger partial charge in [0.2, 0.25) is 5.75 Å². The molecule has 0 aliphatic rings. The van der Waals surface area contributed by atoms with Crippen molar-refractivity contribution in [2.75, 3.05) is 39.9 Å². The molecule has 1 aromatic heterocycles. The first-order valence-corrected chi connectivity index (χ1v) is 9.40. The fourth-order valence-corrected chi connectivity index (χ4v) is 3.02. The van der Waals surface area contributed by atoms with Gasteiger partial charge in [-0.25, -0.2) is 9.59 Å². The zero-order valence-electron chi connectivity index (χ0n) is 18.3. The highest BCUT2D eigenvalue weighted by atomic mass is 16.5. The van der Waals surface area contributed by atoms with Crippen LogP contribution in [0.1, 0.15) is 39.0 Å². The Morgan fingerprint density at radius 3 is 2.06 bits per heavy atom. The molecule has 31 heavy (non-hydrogen) atoms. The second-order valence-corrected chi connectivity index (χ2v) is 6.38. The highest BCUT2D eigenvalue weighted by Crippen LogP contribution is 2.39. The first kappa shape index (κ1) is 23.6. The molecule has 0 spiro atoms. The van der Waals surface area contributed by atoms with Gasteiger partial charge in [0, 0.05) is 23.5 Å². The summed E-state index contributed by atoms with van der Waals surface area (Å²) in [4.78, 5) is 39.6. The topological polar surface area (TPSA) is 125 Å². The van der Waals surface area contributed by atoms with Gasteiger partial charge in [-0.05, 0) is 26.3 Å². The summed E-state index contributed by atoms with van der Waals surface area (Å²) >= 11 is 0. The van der Waals surface area contributed by atoms with Crippen molar-refractivity contribution in [2.24, 2.45) is 0 Å². The summed E-state index contributed by atoms with van der Waals surface area (Å²) in [6.07, 6.45) is 0. The number of aryl methyl sites for hydroxylation is 1. The lowest BCUT2D eigenvalue weighted by Crippen LogP contribution is -2.21. The molecule has 0 saturated carbocycles. The molecule has 2 rings (SSSR count). The average molecular weight is 434 g/mol. The maximum atomic E-state index is 12.5. The van der Waals surface area contributed by atoms with Crippen LogP contribution in [0.5, 0.6) is 17.2 Å². The minimum atomic E-state index is -0.734. The number of methoxy groups -OCH3 is 3. The number of amides is 1. The fraction of sp³-hybridized carbons (Fsp3) is 0.381. The van der Waals surface area contributed by atoms with Crippen molar-refractivity contribution in [1.82, 2.24) is 4.98 Å². The summed E-state index contributed by atoms with van der Waals surface area (Å²) in [5.41, 5.74) is 1.56. The number of hydrogen-bond donors (Lipinski definition) is 2. The third-order valence-corrected chi connectivity index (χ3v) is 4.40. The Labute approximate surface area is 179 Å². The van der Waals surface area contributed by atoms with Gasteiger partial charge in [-0.15, -0.1) is 0 Å². The van der Waals surface area contributed by atoms with E-state index in [1.54, 1.807) is 32.9 Å². The molecule has 1 amide bonds. The third kappa shape index (κ3) is 5.27. The van der Waals surface area contributed by atoms with E-state index in [1.807, 2.05) is 0 Å². The van der Waals surface area contributed by atoms with Crippen LogP contribution in [0.2, 0.25) is 0 Å². The molecule has 0 fully saturated rings. The zero-order chi connectivity index (χ0) is 23.1. The summed E-state index contributed by atoms with van der Waals surface area (Å²) in [5, 5.41) is 2.61. The highest BCUT2D eigenvalue weighted by molar-refractivity contribution is 6.00. The van der Waals surface area contributed by atoms with Crippen molar-refractivity contribution in [3.05, 3.63) is 34.6 Å². The highest BCUT2D eigenvalue weighted by Gasteiger charge is 2.24. The van der Waals surface area contributed by atoms with Gasteiger partial charge >= 0.3 is 11.9 Å². The lowest BCUT2D eigenvalue weighted by atomic mass is 10.1. The minimum absolute atomic E-state index is 0.174. The number of benzene rings is 1. The normalized spacial score (nSPS) is 10.3. The molecule has 168 valence electrons. The third-order valence-electron chi connectivity index (χ3n) is 4.40. The lowest BCUT2D eigenvalue weighted by molar-refractivity contribution is -0.119. The Kier molecular flexibility index (Phi) is 7.89. The van der Waals surface area contributed by atoms with Crippen LogP contribution < -0.4 is 19.5 Å². The second-order valence-electron chi connectivity index (χ2n) is 6.38. The number of anilines is 1. The first-order valence-electron chi connectivity index (χ1n) is 9.40. The van der Waals surface area contributed by atoms with Crippen LogP contribution in [0.3, 0.4) is 0 Å². The molecular weight excluding hydrogens is 408 g/mol. The summed E-state index contributed by atoms with van der Waals surface area (Å²) in [5.74, 6) is -0.771. The number of H-pyrrole nitrogens is 1. The number of carbonyl (C=O) groups is 3. The van der Waals surface area contributed by atoms with Crippen molar-refractivity contribution in [3.8, 4) is 17.2 Å². The van der Waals surface area contributed by atoms with E-state index in [0.717, 1.165) is 0 Å². The van der Waals surface area contributed by atoms with Crippen LogP contribution in [0.4, 0.5) is 5.69 Å². The van der Waals surface area contributed by atoms with Gasteiger partial charge < -0.3 is 34.0 Å². The molecule has 2 N–H and O–H groups in total. The van der Waals surface area contributed by atoms with E-state index in [0.29, 0.717) is 34.2 Å². The molecule has 0 bridgehead atoms. The van der Waals surface area contributed by atoms with Gasteiger partial charge in [-0.3, -0.25) is 4.79 Å². The number of rotatable bonds is 9. The Balaban J connectivity index is 2.09. The van der Waals surface area contributed by atoms with E-state index < -0.39 is 24.5 Å². The van der Waals surface area contributed by atoms with Gasteiger partial charge in [-0.1, -0.05) is 0 Å². The molecule has 0 saturated heterocycles. The maximum Gasteiger partial charge on any atom is 0.355 e. The van der Waals surface area contributed by atoms with Crippen LogP contribution >= 0.6 is 0 Å². The van der Waals surface area contributed by atoms with Crippen LogP contribution in [-0.2, 0) is 14.3 Å². The van der Waals surface area contributed by atoms with E-state index in [4.69, 9.17) is 23.7 Å². The number of esters is 2. The Hall–Kier alpha value is -3.69. The van der Waals surface area contributed by atoms with Gasteiger partial charge in [0.25, 0.3) is 5.91 Å². The van der Waals surface area contributed by atoms with Gasteiger partial charge in [0.05, 0.1) is 33.5 Å². The van der Waals surface area contributed by atoms with E-state index in [2.05, 4.69) is 10.3 Å². The summed E-state index contributed by atoms with van der Waals surface area (Å²) in [6.45, 7) is 4.58. The van der Waals surface area contributed by atoms with Crippen molar-refractivity contribution >= 4 is 23.5 Å². The Bertz CT molecular complexity index is 955. The molecular formula is C21H26N2O8. The van der Waals surface area contributed by atoms with Crippen molar-refractivity contribution < 1.29 is 38.1 Å². The molecule has 1 heterocycles. The van der Waals surface area contributed by atoms with Gasteiger partial charge in [0.15, 0.2) is 18.1 Å². The summed E-state index contributed by atoms with van der Waals surface area (Å²) < 4.78 is 25.8. The van der Waals surface area contributed by atoms with Crippen molar-refractivity contribution in [1.29, 1.82) is 0 Å². The molecule has 0 atom stereocenters. The average Bonchev–Trinajstić information content (AvgIpc) is 3.05. The lowest BCUT2D eigenvalue weighted by Gasteiger charge is -2.14. The standard InChI is InChI=1S/C21H26N2O8/c1-7-30-21(26)18-11(2)17(12(3)22-18)20(25)31-10-16(24)23-13-8-14(27-4)19(29-6)15(9-13)28-5/h8-9,22H,7,10H2,1-6H3,(H,23,24). The van der Waals surface area contributed by atoms with E-state index in [-0.39, 0.29) is 17.9 Å². The Morgan fingerprint density at radius 1 is 0.935 bits per heavy atom. The molecule has 10 nitrogen and oxygen atoms in total. The van der Waals surface area contributed by atoms with E-state index in [1.165, 1.54) is 21.3 Å². The molecule has 2 aromatic rings.